The Hall–Kier alpha value is -2.08. The maximum Gasteiger partial charge on any atom is 0.242 e. The number of carbonyl (C=O) groups is 1. The molecule has 0 bridgehead atoms. The fourth-order valence-electron chi connectivity index (χ4n) is 3.04. The molecule has 0 spiro atoms. The second-order valence-electron chi connectivity index (χ2n) is 5.83. The summed E-state index contributed by atoms with van der Waals surface area (Å²) in [6.45, 7) is 0.893. The van der Waals surface area contributed by atoms with Crippen molar-refractivity contribution in [3.63, 3.8) is 0 Å². The van der Waals surface area contributed by atoms with E-state index in [4.69, 9.17) is 0 Å². The van der Waals surface area contributed by atoms with E-state index in [9.17, 15) is 13.2 Å². The maximum absolute atomic E-state index is 12.5. The molecular formula is C17H20N2O3S. The van der Waals surface area contributed by atoms with Gasteiger partial charge in [0, 0.05) is 25.0 Å². The number of amides is 1. The molecule has 3 rings (SSSR count). The fraction of sp³-hybridized carbons (Fsp3) is 0.353. The molecule has 1 fully saturated rings. The Morgan fingerprint density at radius 3 is 2.48 bits per heavy atom. The van der Waals surface area contributed by atoms with E-state index in [0.717, 1.165) is 12.8 Å². The van der Waals surface area contributed by atoms with Crippen LogP contribution in [0.5, 0.6) is 0 Å². The van der Waals surface area contributed by atoms with Crippen LogP contribution in [-0.2, 0) is 21.2 Å². The summed E-state index contributed by atoms with van der Waals surface area (Å²) in [6, 6.07) is 12.0. The van der Waals surface area contributed by atoms with Crippen LogP contribution >= 0.6 is 0 Å². The number of benzene rings is 1. The Bertz CT molecular complexity index is 754. The lowest BCUT2D eigenvalue weighted by molar-refractivity contribution is -0.132. The molecule has 0 aliphatic carbocycles. The van der Waals surface area contributed by atoms with Crippen LogP contribution in [0.4, 0.5) is 0 Å². The minimum atomic E-state index is -3.37. The monoisotopic (exact) mass is 332 g/mol. The molecule has 122 valence electrons. The van der Waals surface area contributed by atoms with Crippen molar-refractivity contribution in [3.8, 4) is 0 Å². The van der Waals surface area contributed by atoms with Gasteiger partial charge in [-0.25, -0.2) is 8.42 Å². The summed E-state index contributed by atoms with van der Waals surface area (Å²) in [5.41, 5.74) is 0. The van der Waals surface area contributed by atoms with Gasteiger partial charge in [0.2, 0.25) is 5.91 Å². The number of nitrogens with zero attached hydrogens (tertiary/aromatic N) is 2. The number of hydrogen-bond donors (Lipinski definition) is 0. The number of likely N-dealkylation sites (tertiary alicyclic amines) is 1. The van der Waals surface area contributed by atoms with Gasteiger partial charge in [-0.3, -0.25) is 4.79 Å². The molecule has 1 saturated heterocycles. The molecule has 2 aromatic rings. The Morgan fingerprint density at radius 1 is 1.09 bits per heavy atom. The lowest BCUT2D eigenvalue weighted by atomic mass is 10.2. The van der Waals surface area contributed by atoms with Crippen molar-refractivity contribution < 1.29 is 13.2 Å². The summed E-state index contributed by atoms with van der Waals surface area (Å²) >= 11 is 0. The minimum Gasteiger partial charge on any atom is -0.345 e. The third-order valence-corrected chi connectivity index (χ3v) is 6.01. The molecule has 5 nitrogen and oxygen atoms in total. The van der Waals surface area contributed by atoms with Crippen LogP contribution < -0.4 is 0 Å². The van der Waals surface area contributed by atoms with Crippen molar-refractivity contribution in [2.75, 3.05) is 12.3 Å². The number of aromatic nitrogens is 1. The predicted molar refractivity (Wildman–Crippen MR) is 87.7 cm³/mol. The zero-order valence-electron chi connectivity index (χ0n) is 12.8. The fourth-order valence-corrected chi connectivity index (χ4v) is 4.65. The average Bonchev–Trinajstić information content (AvgIpc) is 3.19. The Morgan fingerprint density at radius 2 is 1.78 bits per heavy atom. The molecule has 0 saturated carbocycles. The summed E-state index contributed by atoms with van der Waals surface area (Å²) in [7, 11) is -3.37. The van der Waals surface area contributed by atoms with Crippen molar-refractivity contribution in [1.29, 1.82) is 0 Å². The quantitative estimate of drug-likeness (QED) is 0.841. The minimum absolute atomic E-state index is 0.00552. The van der Waals surface area contributed by atoms with Gasteiger partial charge in [-0.2, -0.15) is 0 Å². The van der Waals surface area contributed by atoms with Gasteiger partial charge in [0.1, 0.15) is 6.54 Å². The van der Waals surface area contributed by atoms with E-state index in [0.29, 0.717) is 11.4 Å². The highest BCUT2D eigenvalue weighted by Crippen LogP contribution is 2.22. The van der Waals surface area contributed by atoms with E-state index in [-0.39, 0.29) is 24.2 Å². The van der Waals surface area contributed by atoms with E-state index in [1.54, 1.807) is 35.2 Å². The molecule has 2 heterocycles. The number of sulfone groups is 1. The Kier molecular flexibility index (Phi) is 4.52. The van der Waals surface area contributed by atoms with Crippen molar-refractivity contribution in [1.82, 2.24) is 9.47 Å². The molecule has 1 amide bonds. The average molecular weight is 332 g/mol. The molecule has 1 aliphatic rings. The van der Waals surface area contributed by atoms with Crippen molar-refractivity contribution in [3.05, 3.63) is 54.9 Å². The molecule has 6 heteroatoms. The highest BCUT2D eigenvalue weighted by molar-refractivity contribution is 7.91. The van der Waals surface area contributed by atoms with E-state index in [2.05, 4.69) is 0 Å². The first-order chi connectivity index (χ1) is 11.1. The first-order valence-electron chi connectivity index (χ1n) is 7.74. The van der Waals surface area contributed by atoms with Gasteiger partial charge in [-0.15, -0.1) is 0 Å². The number of hydrogen-bond acceptors (Lipinski definition) is 3. The molecule has 0 N–H and O–H groups in total. The molecule has 1 aliphatic heterocycles. The van der Waals surface area contributed by atoms with Crippen molar-refractivity contribution in [2.45, 2.75) is 30.3 Å². The molecule has 23 heavy (non-hydrogen) atoms. The van der Waals surface area contributed by atoms with Gasteiger partial charge in [0.15, 0.2) is 9.84 Å². The second-order valence-corrected chi connectivity index (χ2v) is 7.87. The third kappa shape index (κ3) is 3.64. The molecule has 0 radical (unpaired) electrons. The van der Waals surface area contributed by atoms with E-state index >= 15 is 0 Å². The van der Waals surface area contributed by atoms with E-state index < -0.39 is 9.84 Å². The molecule has 1 aromatic heterocycles. The van der Waals surface area contributed by atoms with Crippen molar-refractivity contribution >= 4 is 15.7 Å². The zero-order valence-corrected chi connectivity index (χ0v) is 13.7. The predicted octanol–water partition coefficient (Wildman–Crippen LogP) is 1.95. The summed E-state index contributed by atoms with van der Waals surface area (Å²) < 4.78 is 26.9. The SMILES string of the molecule is O=C(Cn1cccc1)N1CCCC1CS(=O)(=O)c1ccccc1. The molecule has 1 atom stereocenters. The lowest BCUT2D eigenvalue weighted by Crippen LogP contribution is -2.41. The Labute approximate surface area is 136 Å². The second kappa shape index (κ2) is 6.58. The van der Waals surface area contributed by atoms with Crippen LogP contribution in [0.3, 0.4) is 0 Å². The van der Waals surface area contributed by atoms with Gasteiger partial charge in [-0.05, 0) is 37.1 Å². The first kappa shape index (κ1) is 15.8. The highest BCUT2D eigenvalue weighted by Gasteiger charge is 2.32. The smallest absolute Gasteiger partial charge is 0.242 e. The molecule has 1 aromatic carbocycles. The zero-order chi connectivity index (χ0) is 16.3. The summed E-state index contributed by atoms with van der Waals surface area (Å²) in [4.78, 5) is 14.5. The van der Waals surface area contributed by atoms with Gasteiger partial charge >= 0.3 is 0 Å². The topological polar surface area (TPSA) is 59.4 Å². The summed E-state index contributed by atoms with van der Waals surface area (Å²) in [6.07, 6.45) is 5.27. The highest BCUT2D eigenvalue weighted by atomic mass is 32.2. The van der Waals surface area contributed by atoms with Crippen LogP contribution in [0, 0.1) is 0 Å². The number of rotatable bonds is 5. The van der Waals surface area contributed by atoms with Crippen LogP contribution in [0.2, 0.25) is 0 Å². The van der Waals surface area contributed by atoms with Crippen molar-refractivity contribution in [2.24, 2.45) is 0 Å². The summed E-state index contributed by atoms with van der Waals surface area (Å²) in [5, 5.41) is 0. The van der Waals surface area contributed by atoms with Gasteiger partial charge in [0.25, 0.3) is 0 Å². The summed E-state index contributed by atoms with van der Waals surface area (Å²) in [5.74, 6) is -0.0269. The third-order valence-electron chi connectivity index (χ3n) is 4.20. The van der Waals surface area contributed by atoms with E-state index in [1.807, 2.05) is 29.1 Å². The van der Waals surface area contributed by atoms with Gasteiger partial charge in [-0.1, -0.05) is 18.2 Å². The van der Waals surface area contributed by atoms with Gasteiger partial charge < -0.3 is 9.47 Å². The molecular weight excluding hydrogens is 312 g/mol. The lowest BCUT2D eigenvalue weighted by Gasteiger charge is -2.25. The van der Waals surface area contributed by atoms with Gasteiger partial charge in [0.05, 0.1) is 10.6 Å². The van der Waals surface area contributed by atoms with Crippen LogP contribution in [0.25, 0.3) is 0 Å². The first-order valence-corrected chi connectivity index (χ1v) is 9.39. The van der Waals surface area contributed by atoms with Crippen LogP contribution in [0.15, 0.2) is 59.8 Å². The molecule has 1 unspecified atom stereocenters. The maximum atomic E-state index is 12.5. The Balaban J connectivity index is 1.71. The van der Waals surface area contributed by atoms with E-state index in [1.165, 1.54) is 0 Å². The normalized spacial score (nSPS) is 18.3. The van der Waals surface area contributed by atoms with Crippen LogP contribution in [-0.4, -0.2) is 42.1 Å². The number of carbonyl (C=O) groups excluding carboxylic acids is 1. The largest absolute Gasteiger partial charge is 0.345 e. The standard InChI is InChI=1S/C17H20N2O3S/c20-17(13-18-10-4-5-11-18)19-12-6-7-15(19)14-23(21,22)16-8-2-1-3-9-16/h1-5,8-11,15H,6-7,12-14H2. The van der Waals surface area contributed by atoms with Crippen LogP contribution in [0.1, 0.15) is 12.8 Å².